The van der Waals surface area contributed by atoms with E-state index in [1.807, 2.05) is 0 Å². The highest BCUT2D eigenvalue weighted by Crippen LogP contribution is 2.38. The van der Waals surface area contributed by atoms with Gasteiger partial charge in [0.25, 0.3) is 0 Å². The summed E-state index contributed by atoms with van der Waals surface area (Å²) in [5.74, 6) is 0. The van der Waals surface area contributed by atoms with Crippen molar-refractivity contribution in [1.29, 1.82) is 0 Å². The fraction of sp³-hybridized carbons (Fsp3) is 0.455. The zero-order chi connectivity index (χ0) is 14.1. The first-order chi connectivity index (χ1) is 8.11. The van der Waals surface area contributed by atoms with Crippen molar-refractivity contribution >= 4 is 0 Å². The fourth-order valence-corrected chi connectivity index (χ4v) is 1.71. The van der Waals surface area contributed by atoms with Crippen LogP contribution in [0.3, 0.4) is 0 Å². The summed E-state index contributed by atoms with van der Waals surface area (Å²) < 4.78 is 75.6. The molecule has 7 heteroatoms. The largest absolute Gasteiger partial charge is 0.416 e. The van der Waals surface area contributed by atoms with E-state index in [1.165, 1.54) is 6.92 Å². The molecule has 0 saturated carbocycles. The molecule has 0 spiro atoms. The Morgan fingerprint density at radius 1 is 1.00 bits per heavy atom. The first-order valence-corrected chi connectivity index (χ1v) is 5.11. The van der Waals surface area contributed by atoms with Crippen molar-refractivity contribution in [3.8, 4) is 0 Å². The van der Waals surface area contributed by atoms with E-state index in [1.54, 1.807) is 0 Å². The molecule has 0 aromatic heterocycles. The summed E-state index contributed by atoms with van der Waals surface area (Å²) in [6.45, 7) is 1.03. The fourth-order valence-electron chi connectivity index (χ4n) is 1.71. The third-order valence-corrected chi connectivity index (χ3v) is 2.56. The van der Waals surface area contributed by atoms with Gasteiger partial charge in [-0.1, -0.05) is 6.92 Å². The van der Waals surface area contributed by atoms with Crippen molar-refractivity contribution in [2.75, 3.05) is 0 Å². The summed E-state index contributed by atoms with van der Waals surface area (Å²) >= 11 is 0. The van der Waals surface area contributed by atoms with Crippen LogP contribution < -0.4 is 5.73 Å². The molecule has 0 bridgehead atoms. The zero-order valence-electron chi connectivity index (χ0n) is 9.41. The monoisotopic (exact) mass is 271 g/mol. The second-order valence-corrected chi connectivity index (χ2v) is 3.71. The Hall–Kier alpha value is -1.24. The standard InChI is InChI=1S/C11H11F6N/c1-2-6-3-7(10(12,13)14)4-9(8(6)5-18)11(15,16)17/h3-4H,2,5,18H2,1H3. The maximum atomic E-state index is 12.7. The summed E-state index contributed by atoms with van der Waals surface area (Å²) in [5.41, 5.74) is 2.28. The van der Waals surface area contributed by atoms with Crippen LogP contribution in [0, 0.1) is 0 Å². The van der Waals surface area contributed by atoms with Gasteiger partial charge in [0.15, 0.2) is 0 Å². The van der Waals surface area contributed by atoms with Gasteiger partial charge in [-0.15, -0.1) is 0 Å². The normalized spacial score (nSPS) is 12.9. The van der Waals surface area contributed by atoms with Crippen molar-refractivity contribution in [2.45, 2.75) is 32.2 Å². The maximum absolute atomic E-state index is 12.7. The number of hydrogen-bond acceptors (Lipinski definition) is 1. The van der Waals surface area contributed by atoms with Crippen LogP contribution in [0.1, 0.15) is 29.2 Å². The first-order valence-electron chi connectivity index (χ1n) is 5.11. The lowest BCUT2D eigenvalue weighted by molar-refractivity contribution is -0.143. The van der Waals surface area contributed by atoms with E-state index in [9.17, 15) is 26.3 Å². The smallest absolute Gasteiger partial charge is 0.326 e. The molecule has 0 aliphatic carbocycles. The van der Waals surface area contributed by atoms with Gasteiger partial charge in [0.05, 0.1) is 11.1 Å². The van der Waals surface area contributed by atoms with Crippen molar-refractivity contribution in [3.63, 3.8) is 0 Å². The van der Waals surface area contributed by atoms with Crippen LogP contribution in [0.4, 0.5) is 26.3 Å². The van der Waals surface area contributed by atoms with Gasteiger partial charge in [0, 0.05) is 6.54 Å². The third kappa shape index (κ3) is 2.95. The molecule has 0 atom stereocenters. The summed E-state index contributed by atoms with van der Waals surface area (Å²) in [6, 6.07) is 0.832. The SMILES string of the molecule is CCc1cc(C(F)(F)F)cc(C(F)(F)F)c1CN. The average Bonchev–Trinajstić information content (AvgIpc) is 2.24. The minimum atomic E-state index is -4.85. The lowest BCUT2D eigenvalue weighted by Gasteiger charge is -2.18. The molecule has 0 heterocycles. The second-order valence-electron chi connectivity index (χ2n) is 3.71. The van der Waals surface area contributed by atoms with Crippen LogP contribution in [-0.4, -0.2) is 0 Å². The Morgan fingerprint density at radius 2 is 1.56 bits per heavy atom. The van der Waals surface area contributed by atoms with E-state index in [2.05, 4.69) is 0 Å². The zero-order valence-corrected chi connectivity index (χ0v) is 9.41. The predicted molar refractivity (Wildman–Crippen MR) is 53.7 cm³/mol. The lowest BCUT2D eigenvalue weighted by atomic mass is 9.95. The third-order valence-electron chi connectivity index (χ3n) is 2.56. The van der Waals surface area contributed by atoms with Gasteiger partial charge in [-0.25, -0.2) is 0 Å². The number of benzene rings is 1. The van der Waals surface area contributed by atoms with Gasteiger partial charge < -0.3 is 5.73 Å². The number of aryl methyl sites for hydroxylation is 1. The maximum Gasteiger partial charge on any atom is 0.416 e. The van der Waals surface area contributed by atoms with Gasteiger partial charge in [-0.05, 0) is 29.7 Å². The number of nitrogens with two attached hydrogens (primary N) is 1. The van der Waals surface area contributed by atoms with Crippen LogP contribution in [0.5, 0.6) is 0 Å². The first kappa shape index (κ1) is 14.8. The Kier molecular flexibility index (Phi) is 3.95. The molecule has 0 amide bonds. The summed E-state index contributed by atoms with van der Waals surface area (Å²) in [6.07, 6.45) is -9.60. The van der Waals surface area contributed by atoms with E-state index < -0.39 is 30.0 Å². The number of hydrogen-bond donors (Lipinski definition) is 1. The molecule has 0 aliphatic heterocycles. The van der Waals surface area contributed by atoms with Crippen molar-refractivity contribution in [2.24, 2.45) is 5.73 Å². The molecular formula is C11H11F6N. The quantitative estimate of drug-likeness (QED) is 0.814. The molecule has 1 nitrogen and oxygen atoms in total. The minimum Gasteiger partial charge on any atom is -0.326 e. The van der Waals surface area contributed by atoms with Crippen LogP contribution in [0.2, 0.25) is 0 Å². The number of alkyl halides is 6. The summed E-state index contributed by atoms with van der Waals surface area (Å²) in [4.78, 5) is 0. The van der Waals surface area contributed by atoms with Crippen LogP contribution in [0.15, 0.2) is 12.1 Å². The van der Waals surface area contributed by atoms with Crippen LogP contribution >= 0.6 is 0 Å². The highest BCUT2D eigenvalue weighted by atomic mass is 19.4. The van der Waals surface area contributed by atoms with Gasteiger partial charge in [-0.2, -0.15) is 26.3 Å². The Bertz CT molecular complexity index is 432. The molecule has 18 heavy (non-hydrogen) atoms. The minimum absolute atomic E-state index is 0.0281. The molecule has 0 fully saturated rings. The Labute approximate surface area is 99.6 Å². The van der Waals surface area contributed by atoms with Gasteiger partial charge in [0.1, 0.15) is 0 Å². The number of halogens is 6. The molecule has 0 aliphatic rings. The van der Waals surface area contributed by atoms with E-state index in [0.717, 1.165) is 6.07 Å². The van der Waals surface area contributed by atoms with E-state index in [-0.39, 0.29) is 23.6 Å². The van der Waals surface area contributed by atoms with Crippen molar-refractivity contribution in [3.05, 3.63) is 34.4 Å². The molecule has 0 unspecified atom stereocenters. The molecule has 0 saturated heterocycles. The topological polar surface area (TPSA) is 26.0 Å². The highest BCUT2D eigenvalue weighted by Gasteiger charge is 2.38. The van der Waals surface area contributed by atoms with Crippen LogP contribution in [-0.2, 0) is 25.3 Å². The molecular weight excluding hydrogens is 260 g/mol. The summed E-state index contributed by atoms with van der Waals surface area (Å²) in [7, 11) is 0. The molecule has 0 radical (unpaired) electrons. The van der Waals surface area contributed by atoms with Gasteiger partial charge >= 0.3 is 12.4 Å². The molecule has 2 N–H and O–H groups in total. The predicted octanol–water partition coefficient (Wildman–Crippen LogP) is 3.75. The van der Waals surface area contributed by atoms with E-state index in [0.29, 0.717) is 0 Å². The van der Waals surface area contributed by atoms with E-state index >= 15 is 0 Å². The highest BCUT2D eigenvalue weighted by molar-refractivity contribution is 5.42. The second kappa shape index (κ2) is 4.79. The van der Waals surface area contributed by atoms with Crippen molar-refractivity contribution in [1.82, 2.24) is 0 Å². The lowest BCUT2D eigenvalue weighted by Crippen LogP contribution is -2.17. The van der Waals surface area contributed by atoms with Crippen LogP contribution in [0.25, 0.3) is 0 Å². The summed E-state index contributed by atoms with van der Waals surface area (Å²) in [5, 5.41) is 0. The van der Waals surface area contributed by atoms with Gasteiger partial charge in [0.2, 0.25) is 0 Å². The Morgan fingerprint density at radius 3 is 1.89 bits per heavy atom. The van der Waals surface area contributed by atoms with Gasteiger partial charge in [-0.3, -0.25) is 0 Å². The molecule has 102 valence electrons. The van der Waals surface area contributed by atoms with E-state index in [4.69, 9.17) is 5.73 Å². The molecule has 1 aromatic rings. The number of rotatable bonds is 2. The molecule has 1 aromatic carbocycles. The van der Waals surface area contributed by atoms with Crippen molar-refractivity contribution < 1.29 is 26.3 Å². The average molecular weight is 271 g/mol. The molecule has 1 rings (SSSR count). The Balaban J connectivity index is 3.57.